The van der Waals surface area contributed by atoms with Crippen LogP contribution in [0.3, 0.4) is 0 Å². The molecule has 7 nitrogen and oxygen atoms in total. The highest BCUT2D eigenvalue weighted by molar-refractivity contribution is 7.80. The maximum atomic E-state index is 12.4. The number of hydrogen-bond acceptors (Lipinski definition) is 5. The molecule has 0 radical (unpaired) electrons. The molecule has 0 atom stereocenters. The van der Waals surface area contributed by atoms with Gasteiger partial charge in [-0.05, 0) is 68.9 Å². The van der Waals surface area contributed by atoms with Gasteiger partial charge in [-0.1, -0.05) is 12.1 Å². The minimum atomic E-state index is -0.372. The fourth-order valence-electron chi connectivity index (χ4n) is 2.45. The minimum Gasteiger partial charge on any atom is -0.491 e. The zero-order valence-corrected chi connectivity index (χ0v) is 17.2. The lowest BCUT2D eigenvalue weighted by Crippen LogP contribution is -2.35. The number of nitrogens with one attached hydrogen (secondary N) is 3. The van der Waals surface area contributed by atoms with E-state index in [0.717, 1.165) is 0 Å². The van der Waals surface area contributed by atoms with Crippen LogP contribution in [-0.4, -0.2) is 41.3 Å². The van der Waals surface area contributed by atoms with Gasteiger partial charge in [-0.2, -0.15) is 0 Å². The number of hydrogen-bond donors (Lipinski definition) is 4. The fourth-order valence-corrected chi connectivity index (χ4v) is 2.65. The Morgan fingerprint density at radius 1 is 1.07 bits per heavy atom. The molecule has 8 heteroatoms. The van der Waals surface area contributed by atoms with Gasteiger partial charge in [-0.25, -0.2) is 0 Å². The molecule has 2 amide bonds. The molecule has 2 aromatic carbocycles. The number of carbonyl (C=O) groups is 2. The number of thiocarbonyl (C=S) groups is 1. The van der Waals surface area contributed by atoms with E-state index >= 15 is 0 Å². The summed E-state index contributed by atoms with van der Waals surface area (Å²) in [4.78, 5) is 24.7. The van der Waals surface area contributed by atoms with Crippen molar-refractivity contribution in [2.45, 2.75) is 26.4 Å². The monoisotopic (exact) mass is 415 g/mol. The van der Waals surface area contributed by atoms with E-state index in [2.05, 4.69) is 16.0 Å². The summed E-state index contributed by atoms with van der Waals surface area (Å²) in [6.07, 6.45) is 0.518. The van der Waals surface area contributed by atoms with E-state index in [0.29, 0.717) is 35.5 Å². The van der Waals surface area contributed by atoms with Crippen molar-refractivity contribution in [3.05, 3.63) is 59.7 Å². The highest BCUT2D eigenvalue weighted by atomic mass is 32.1. The number of amides is 2. The van der Waals surface area contributed by atoms with Crippen LogP contribution in [-0.2, 0) is 0 Å². The summed E-state index contributed by atoms with van der Waals surface area (Å²) in [6.45, 7) is 4.22. The lowest BCUT2D eigenvalue weighted by Gasteiger charge is -2.14. The van der Waals surface area contributed by atoms with Gasteiger partial charge < -0.3 is 20.5 Å². The van der Waals surface area contributed by atoms with Crippen molar-refractivity contribution >= 4 is 34.8 Å². The van der Waals surface area contributed by atoms with Crippen LogP contribution in [0.5, 0.6) is 5.75 Å². The van der Waals surface area contributed by atoms with Gasteiger partial charge in [0.05, 0.1) is 17.4 Å². The highest BCUT2D eigenvalue weighted by Crippen LogP contribution is 2.16. The number of aliphatic hydroxyl groups is 1. The third-order valence-electron chi connectivity index (χ3n) is 3.76. The average Bonchev–Trinajstić information content (AvgIpc) is 2.68. The van der Waals surface area contributed by atoms with Crippen LogP contribution in [0.4, 0.5) is 5.69 Å². The molecule has 0 aliphatic rings. The van der Waals surface area contributed by atoms with E-state index in [4.69, 9.17) is 22.1 Å². The zero-order chi connectivity index (χ0) is 21.2. The number of para-hydroxylation sites is 1. The van der Waals surface area contributed by atoms with E-state index in [9.17, 15) is 9.59 Å². The normalized spacial score (nSPS) is 10.3. The maximum absolute atomic E-state index is 12.4. The summed E-state index contributed by atoms with van der Waals surface area (Å²) < 4.78 is 5.56. The van der Waals surface area contributed by atoms with E-state index in [-0.39, 0.29) is 29.6 Å². The molecule has 0 aliphatic carbocycles. The van der Waals surface area contributed by atoms with Gasteiger partial charge >= 0.3 is 0 Å². The summed E-state index contributed by atoms with van der Waals surface area (Å²) in [5.74, 6) is 0.0123. The molecule has 0 spiro atoms. The second kappa shape index (κ2) is 11.1. The fraction of sp³-hybridized carbons (Fsp3) is 0.286. The Bertz CT molecular complexity index is 853. The molecule has 29 heavy (non-hydrogen) atoms. The Labute approximate surface area is 175 Å². The quantitative estimate of drug-likeness (QED) is 0.391. The van der Waals surface area contributed by atoms with Gasteiger partial charge in [-0.15, -0.1) is 0 Å². The van der Waals surface area contributed by atoms with Crippen LogP contribution >= 0.6 is 12.2 Å². The number of anilines is 1. The average molecular weight is 416 g/mol. The van der Waals surface area contributed by atoms with Gasteiger partial charge in [0.15, 0.2) is 5.11 Å². The second-order valence-electron chi connectivity index (χ2n) is 6.48. The van der Waals surface area contributed by atoms with Crippen molar-refractivity contribution in [3.63, 3.8) is 0 Å². The predicted octanol–water partition coefficient (Wildman–Crippen LogP) is 2.71. The number of rotatable bonds is 8. The molecule has 2 rings (SSSR count). The minimum absolute atomic E-state index is 0.000862. The van der Waals surface area contributed by atoms with Gasteiger partial charge in [0, 0.05) is 18.7 Å². The molecule has 0 fully saturated rings. The largest absolute Gasteiger partial charge is 0.491 e. The third-order valence-corrected chi connectivity index (χ3v) is 3.96. The Balaban J connectivity index is 1.98. The molecule has 0 aliphatic heterocycles. The molecular formula is C21H25N3O4S. The molecular weight excluding hydrogens is 390 g/mol. The molecule has 4 N–H and O–H groups in total. The molecule has 0 aromatic heterocycles. The Morgan fingerprint density at radius 2 is 1.76 bits per heavy atom. The molecule has 0 unspecified atom stereocenters. The summed E-state index contributed by atoms with van der Waals surface area (Å²) >= 11 is 5.21. The zero-order valence-electron chi connectivity index (χ0n) is 16.4. The molecule has 0 heterocycles. The summed E-state index contributed by atoms with van der Waals surface area (Å²) in [6, 6.07) is 13.6. The van der Waals surface area contributed by atoms with Gasteiger partial charge in [0.1, 0.15) is 5.75 Å². The number of carbonyl (C=O) groups excluding carboxylic acids is 2. The number of ether oxygens (including phenoxy) is 1. The molecule has 154 valence electrons. The first-order chi connectivity index (χ1) is 13.9. The summed E-state index contributed by atoms with van der Waals surface area (Å²) in [5.41, 5.74) is 1.29. The van der Waals surface area contributed by atoms with Crippen LogP contribution in [0.25, 0.3) is 0 Å². The van der Waals surface area contributed by atoms with Crippen molar-refractivity contribution in [1.29, 1.82) is 0 Å². The van der Waals surface area contributed by atoms with Gasteiger partial charge in [0.25, 0.3) is 11.8 Å². The van der Waals surface area contributed by atoms with Crippen molar-refractivity contribution in [3.8, 4) is 5.75 Å². The van der Waals surface area contributed by atoms with Crippen LogP contribution in [0.1, 0.15) is 41.0 Å². The number of benzene rings is 2. The molecule has 0 bridgehead atoms. The highest BCUT2D eigenvalue weighted by Gasteiger charge is 2.13. The standard InChI is InChI=1S/C21H25N3O4S/c1-14(2)28-16-10-8-15(9-11-16)19(26)24-21(29)23-18-7-4-3-6-17(18)20(27)22-12-5-13-25/h3-4,6-11,14,25H,5,12-13H2,1-2H3,(H,22,27)(H2,23,24,26,29). The maximum Gasteiger partial charge on any atom is 0.257 e. The van der Waals surface area contributed by atoms with Crippen LogP contribution < -0.4 is 20.7 Å². The molecule has 0 saturated carbocycles. The summed E-state index contributed by atoms with van der Waals surface area (Å²) in [5, 5.41) is 17.1. The van der Waals surface area contributed by atoms with E-state index in [1.165, 1.54) is 0 Å². The Kier molecular flexibility index (Phi) is 8.57. The topological polar surface area (TPSA) is 99.7 Å². The number of aliphatic hydroxyl groups excluding tert-OH is 1. The van der Waals surface area contributed by atoms with Crippen LogP contribution in [0, 0.1) is 0 Å². The lowest BCUT2D eigenvalue weighted by molar-refractivity contribution is 0.0950. The van der Waals surface area contributed by atoms with Gasteiger partial charge in [0.2, 0.25) is 0 Å². The van der Waals surface area contributed by atoms with Crippen molar-refractivity contribution in [2.75, 3.05) is 18.5 Å². The first-order valence-corrected chi connectivity index (χ1v) is 9.68. The molecule has 0 saturated heterocycles. The Hall–Kier alpha value is -2.97. The van der Waals surface area contributed by atoms with E-state index in [1.807, 2.05) is 13.8 Å². The van der Waals surface area contributed by atoms with E-state index < -0.39 is 0 Å². The van der Waals surface area contributed by atoms with Crippen molar-refractivity contribution < 1.29 is 19.4 Å². The smallest absolute Gasteiger partial charge is 0.257 e. The molecule has 2 aromatic rings. The predicted molar refractivity (Wildman–Crippen MR) is 116 cm³/mol. The van der Waals surface area contributed by atoms with Crippen LogP contribution in [0.2, 0.25) is 0 Å². The Morgan fingerprint density at radius 3 is 2.41 bits per heavy atom. The third kappa shape index (κ3) is 7.17. The van der Waals surface area contributed by atoms with Crippen molar-refractivity contribution in [1.82, 2.24) is 10.6 Å². The first kappa shape index (κ1) is 22.3. The second-order valence-corrected chi connectivity index (χ2v) is 6.89. The van der Waals surface area contributed by atoms with E-state index in [1.54, 1.807) is 48.5 Å². The van der Waals surface area contributed by atoms with Gasteiger partial charge in [-0.3, -0.25) is 14.9 Å². The SMILES string of the molecule is CC(C)Oc1ccc(C(=O)NC(=S)Nc2ccccc2C(=O)NCCCO)cc1. The lowest BCUT2D eigenvalue weighted by atomic mass is 10.1. The summed E-state index contributed by atoms with van der Waals surface area (Å²) in [7, 11) is 0. The van der Waals surface area contributed by atoms with Crippen molar-refractivity contribution in [2.24, 2.45) is 0 Å². The van der Waals surface area contributed by atoms with Crippen LogP contribution in [0.15, 0.2) is 48.5 Å². The first-order valence-electron chi connectivity index (χ1n) is 9.28.